The number of ketones is 1. The molecule has 5 aromatic rings. The monoisotopic (exact) mass is 446 g/mol. The van der Waals surface area contributed by atoms with Crippen LogP contribution in [0.1, 0.15) is 34.6 Å². The second-order valence-electron chi connectivity index (χ2n) is 7.54. The number of aromatic nitrogens is 4. The summed E-state index contributed by atoms with van der Waals surface area (Å²) >= 11 is 6.47. The van der Waals surface area contributed by atoms with Crippen LogP contribution < -0.4 is 4.74 Å². The van der Waals surface area contributed by atoms with Gasteiger partial charge in [0.15, 0.2) is 5.78 Å². The van der Waals surface area contributed by atoms with Crippen molar-refractivity contribution in [2.24, 2.45) is 0 Å². The van der Waals surface area contributed by atoms with E-state index in [-0.39, 0.29) is 23.3 Å². The Labute approximate surface area is 188 Å². The summed E-state index contributed by atoms with van der Waals surface area (Å²) in [5.41, 5.74) is 2.64. The van der Waals surface area contributed by atoms with Crippen LogP contribution in [0, 0.1) is 0 Å². The van der Waals surface area contributed by atoms with E-state index in [9.17, 15) is 9.90 Å². The zero-order valence-electron chi connectivity index (χ0n) is 17.1. The van der Waals surface area contributed by atoms with Gasteiger partial charge in [-0.1, -0.05) is 36.7 Å². The van der Waals surface area contributed by atoms with Crippen LogP contribution in [0.5, 0.6) is 11.5 Å². The van der Waals surface area contributed by atoms with Crippen LogP contribution >= 0.6 is 11.6 Å². The Balaban J connectivity index is 1.54. The van der Waals surface area contributed by atoms with Crippen LogP contribution in [0.15, 0.2) is 60.9 Å². The van der Waals surface area contributed by atoms with E-state index >= 15 is 0 Å². The van der Waals surface area contributed by atoms with Crippen molar-refractivity contribution < 1.29 is 14.6 Å². The largest absolute Gasteiger partial charge is 0.457 e. The Kier molecular flexibility index (Phi) is 5.13. The highest BCUT2D eigenvalue weighted by Crippen LogP contribution is 2.32. The lowest BCUT2D eigenvalue weighted by Crippen LogP contribution is -2.02. The highest BCUT2D eigenvalue weighted by Gasteiger charge is 2.22. The number of hydrogen-bond acceptors (Lipinski definition) is 5. The summed E-state index contributed by atoms with van der Waals surface area (Å²) in [5.74, 6) is 1.44. The van der Waals surface area contributed by atoms with Crippen molar-refractivity contribution in [2.45, 2.75) is 12.8 Å². The molecule has 0 saturated carbocycles. The molecular formula is C24H19ClN4O3. The molecule has 0 aliphatic heterocycles. The van der Waals surface area contributed by atoms with E-state index in [4.69, 9.17) is 16.3 Å². The fourth-order valence-electron chi connectivity index (χ4n) is 3.58. The summed E-state index contributed by atoms with van der Waals surface area (Å²) in [7, 11) is 0. The number of H-pyrrole nitrogens is 2. The molecule has 3 N–H and O–H groups in total. The Morgan fingerprint density at radius 2 is 1.97 bits per heavy atom. The maximum atomic E-state index is 13.4. The van der Waals surface area contributed by atoms with Crippen molar-refractivity contribution in [1.82, 2.24) is 19.9 Å². The van der Waals surface area contributed by atoms with Crippen LogP contribution in [0.3, 0.4) is 0 Å². The van der Waals surface area contributed by atoms with Crippen LogP contribution in [0.2, 0.25) is 5.02 Å². The number of ether oxygens (including phenoxy) is 1. The Morgan fingerprint density at radius 3 is 2.72 bits per heavy atom. The molecule has 0 aliphatic carbocycles. The highest BCUT2D eigenvalue weighted by molar-refractivity contribution is 6.36. The van der Waals surface area contributed by atoms with Gasteiger partial charge in [0.1, 0.15) is 28.5 Å². The van der Waals surface area contributed by atoms with Gasteiger partial charge in [0.2, 0.25) is 0 Å². The lowest BCUT2D eigenvalue weighted by molar-refractivity contribution is 0.104. The number of aromatic amines is 2. The van der Waals surface area contributed by atoms with Gasteiger partial charge in [0.25, 0.3) is 0 Å². The number of carbonyl (C=O) groups excluding carboxylic acids is 1. The number of carbonyl (C=O) groups is 1. The number of aliphatic hydroxyl groups excluding tert-OH is 1. The zero-order valence-corrected chi connectivity index (χ0v) is 17.8. The van der Waals surface area contributed by atoms with Crippen molar-refractivity contribution in [3.63, 3.8) is 0 Å². The Bertz CT molecular complexity index is 1440. The summed E-state index contributed by atoms with van der Waals surface area (Å²) in [5, 5.41) is 10.4. The van der Waals surface area contributed by atoms with Crippen molar-refractivity contribution in [3.05, 3.63) is 82.9 Å². The lowest BCUT2D eigenvalue weighted by atomic mass is 10.0. The first kappa shape index (κ1) is 20.2. The number of nitrogens with zero attached hydrogens (tertiary/aromatic N) is 2. The number of benzene rings is 2. The predicted molar refractivity (Wildman–Crippen MR) is 123 cm³/mol. The minimum absolute atomic E-state index is 0.0394. The molecule has 0 amide bonds. The number of pyridine rings is 1. The topological polar surface area (TPSA) is 104 Å². The van der Waals surface area contributed by atoms with E-state index in [0.717, 1.165) is 0 Å². The number of imidazole rings is 1. The minimum atomic E-state index is -0.249. The van der Waals surface area contributed by atoms with Gasteiger partial charge < -0.3 is 19.8 Å². The molecule has 0 bridgehead atoms. The maximum absolute atomic E-state index is 13.4. The molecule has 3 aromatic heterocycles. The first-order valence-corrected chi connectivity index (χ1v) is 10.5. The number of fused-ring (bicyclic) bond motifs is 3. The molecule has 2 aromatic carbocycles. The van der Waals surface area contributed by atoms with Crippen molar-refractivity contribution >= 4 is 39.5 Å². The van der Waals surface area contributed by atoms with E-state index < -0.39 is 0 Å². The van der Waals surface area contributed by atoms with E-state index in [1.807, 2.05) is 37.3 Å². The second kappa shape index (κ2) is 8.11. The fraction of sp³-hybridized carbons (Fsp3) is 0.125. The first-order chi connectivity index (χ1) is 15.5. The average molecular weight is 447 g/mol. The number of halogens is 1. The van der Waals surface area contributed by atoms with Gasteiger partial charge >= 0.3 is 0 Å². The molecule has 0 aliphatic rings. The summed E-state index contributed by atoms with van der Waals surface area (Å²) in [6.45, 7) is 1.83. The van der Waals surface area contributed by atoms with Crippen LogP contribution in [-0.4, -0.2) is 37.4 Å². The maximum Gasteiger partial charge on any atom is 0.196 e. The fourth-order valence-corrected chi connectivity index (χ4v) is 3.84. The van der Waals surface area contributed by atoms with Gasteiger partial charge in [-0.15, -0.1) is 0 Å². The second-order valence-corrected chi connectivity index (χ2v) is 7.95. The molecule has 5 rings (SSSR count). The molecule has 0 radical (unpaired) electrons. The minimum Gasteiger partial charge on any atom is -0.457 e. The van der Waals surface area contributed by atoms with E-state index in [1.54, 1.807) is 30.6 Å². The molecule has 32 heavy (non-hydrogen) atoms. The van der Waals surface area contributed by atoms with Crippen molar-refractivity contribution in [3.8, 4) is 11.5 Å². The van der Waals surface area contributed by atoms with Crippen LogP contribution in [0.25, 0.3) is 22.1 Å². The predicted octanol–water partition coefficient (Wildman–Crippen LogP) is 5.21. The van der Waals surface area contributed by atoms with E-state index in [0.29, 0.717) is 50.5 Å². The Hall–Kier alpha value is -3.68. The highest BCUT2D eigenvalue weighted by atomic mass is 35.5. The summed E-state index contributed by atoms with van der Waals surface area (Å²) in [6, 6.07) is 14.3. The summed E-state index contributed by atoms with van der Waals surface area (Å²) in [4.78, 5) is 28.6. The molecule has 0 spiro atoms. The normalized spacial score (nSPS) is 12.3. The van der Waals surface area contributed by atoms with Crippen molar-refractivity contribution in [2.75, 3.05) is 6.61 Å². The zero-order chi connectivity index (χ0) is 22.2. The third kappa shape index (κ3) is 3.51. The smallest absolute Gasteiger partial charge is 0.196 e. The van der Waals surface area contributed by atoms with Gasteiger partial charge in [-0.2, -0.15) is 0 Å². The quantitative estimate of drug-likeness (QED) is 0.310. The van der Waals surface area contributed by atoms with Gasteiger partial charge in [0.05, 0.1) is 34.3 Å². The lowest BCUT2D eigenvalue weighted by Gasteiger charge is -2.08. The average Bonchev–Trinajstić information content (AvgIpc) is 3.43. The molecule has 160 valence electrons. The van der Waals surface area contributed by atoms with Gasteiger partial charge in [-0.05, 0) is 24.3 Å². The molecule has 3 heterocycles. The number of rotatable bonds is 6. The third-order valence-corrected chi connectivity index (χ3v) is 5.63. The number of nitrogens with one attached hydrogen (secondary N) is 2. The van der Waals surface area contributed by atoms with Gasteiger partial charge in [-0.25, -0.2) is 9.97 Å². The van der Waals surface area contributed by atoms with Crippen LogP contribution in [0.4, 0.5) is 0 Å². The third-order valence-electron chi connectivity index (χ3n) is 5.32. The first-order valence-electron chi connectivity index (χ1n) is 10.1. The molecule has 0 saturated heterocycles. The van der Waals surface area contributed by atoms with E-state index in [1.165, 1.54) is 0 Å². The summed E-state index contributed by atoms with van der Waals surface area (Å²) < 4.78 is 5.80. The molecular weight excluding hydrogens is 428 g/mol. The molecule has 0 unspecified atom stereocenters. The molecule has 1 atom stereocenters. The van der Waals surface area contributed by atoms with E-state index in [2.05, 4.69) is 19.9 Å². The SMILES string of the molecule is C[C@@H](CO)c1nc2c(cnc3[nH]cc(C(=O)c4ccc(Oc5ccccc5)cc4Cl)c32)[nH]1. The Morgan fingerprint density at radius 1 is 1.16 bits per heavy atom. The molecule has 0 fully saturated rings. The van der Waals surface area contributed by atoms with Gasteiger partial charge in [0, 0.05) is 23.7 Å². The number of para-hydroxylation sites is 1. The number of hydrogen-bond donors (Lipinski definition) is 3. The summed E-state index contributed by atoms with van der Waals surface area (Å²) in [6.07, 6.45) is 3.28. The van der Waals surface area contributed by atoms with Gasteiger partial charge in [-0.3, -0.25) is 4.79 Å². The standard InChI is InChI=1S/C24H19ClN4O3/c1-13(12-30)23-28-19-11-27-24-20(21(19)29-23)17(10-26-24)22(31)16-8-7-15(9-18(16)25)32-14-5-3-2-4-6-14/h2-11,13,30H,12H2,1H3,(H,26,27)(H,28,29)/t13-/m0/s1. The van der Waals surface area contributed by atoms with Crippen LogP contribution in [-0.2, 0) is 0 Å². The van der Waals surface area contributed by atoms with Crippen molar-refractivity contribution in [1.29, 1.82) is 0 Å². The molecule has 7 nitrogen and oxygen atoms in total. The molecule has 8 heteroatoms. The number of aliphatic hydroxyl groups is 1.